The molecule has 0 aliphatic heterocycles. The van der Waals surface area contributed by atoms with E-state index >= 15 is 0 Å². The predicted molar refractivity (Wildman–Crippen MR) is 77.8 cm³/mol. The fraction of sp³-hybridized carbons (Fsp3) is 0.571. The first kappa shape index (κ1) is 15.2. The van der Waals surface area contributed by atoms with Crippen LogP contribution in [0.5, 0.6) is 0 Å². The molecule has 1 aliphatic rings. The summed E-state index contributed by atoms with van der Waals surface area (Å²) < 4.78 is 0. The van der Waals surface area contributed by atoms with E-state index in [1.807, 2.05) is 0 Å². The van der Waals surface area contributed by atoms with Crippen LogP contribution in [0.15, 0.2) is 18.2 Å². The minimum Gasteiger partial charge on any atom is -0.394 e. The van der Waals surface area contributed by atoms with Gasteiger partial charge in [-0.2, -0.15) is 0 Å². The molecule has 0 spiro atoms. The van der Waals surface area contributed by atoms with Gasteiger partial charge in [0.1, 0.15) is 0 Å². The van der Waals surface area contributed by atoms with Gasteiger partial charge in [-0.3, -0.25) is 10.1 Å². The molecular formula is C14H19ClN2O3. The van der Waals surface area contributed by atoms with Gasteiger partial charge in [-0.05, 0) is 24.5 Å². The second-order valence-electron chi connectivity index (χ2n) is 5.39. The van der Waals surface area contributed by atoms with Crippen molar-refractivity contribution in [1.82, 2.24) is 5.32 Å². The van der Waals surface area contributed by atoms with Crippen LogP contribution in [0.4, 0.5) is 5.69 Å². The van der Waals surface area contributed by atoms with Crippen molar-refractivity contribution in [2.45, 2.75) is 44.2 Å². The lowest BCUT2D eigenvalue weighted by Crippen LogP contribution is -2.49. The Morgan fingerprint density at radius 3 is 2.60 bits per heavy atom. The highest BCUT2D eigenvalue weighted by molar-refractivity contribution is 6.31. The number of hydrogen-bond acceptors (Lipinski definition) is 4. The van der Waals surface area contributed by atoms with Gasteiger partial charge in [0.05, 0.1) is 16.6 Å². The molecule has 2 N–H and O–H groups in total. The monoisotopic (exact) mass is 298 g/mol. The van der Waals surface area contributed by atoms with Gasteiger partial charge in [0.15, 0.2) is 0 Å². The Labute approximate surface area is 123 Å². The standard InChI is InChI=1S/C14H19ClN2O3/c15-13-8-12(17(19)20)5-4-11(13)9-16-14(10-18)6-2-1-3-7-14/h4-5,8,16,18H,1-3,6-7,9-10H2. The number of aliphatic hydroxyl groups is 1. The molecule has 0 saturated heterocycles. The molecule has 1 aromatic rings. The van der Waals surface area contributed by atoms with Crippen molar-refractivity contribution >= 4 is 17.3 Å². The molecule has 0 aromatic heterocycles. The van der Waals surface area contributed by atoms with E-state index in [2.05, 4.69) is 5.32 Å². The molecule has 1 saturated carbocycles. The second-order valence-corrected chi connectivity index (χ2v) is 5.79. The second kappa shape index (κ2) is 6.52. The van der Waals surface area contributed by atoms with E-state index in [0.29, 0.717) is 11.6 Å². The molecule has 5 nitrogen and oxygen atoms in total. The van der Waals surface area contributed by atoms with Gasteiger partial charge in [0.2, 0.25) is 0 Å². The number of hydrogen-bond donors (Lipinski definition) is 2. The third-order valence-electron chi connectivity index (χ3n) is 4.01. The first-order valence-corrected chi connectivity index (χ1v) is 7.23. The van der Waals surface area contributed by atoms with Crippen molar-refractivity contribution in [2.24, 2.45) is 0 Å². The summed E-state index contributed by atoms with van der Waals surface area (Å²) in [6.45, 7) is 0.620. The maximum absolute atomic E-state index is 10.7. The van der Waals surface area contributed by atoms with Crippen LogP contribution in [0.2, 0.25) is 5.02 Å². The first-order valence-electron chi connectivity index (χ1n) is 6.85. The summed E-state index contributed by atoms with van der Waals surface area (Å²) in [5.41, 5.74) is 0.576. The normalized spacial score (nSPS) is 17.9. The summed E-state index contributed by atoms with van der Waals surface area (Å²) in [7, 11) is 0. The molecule has 0 heterocycles. The van der Waals surface area contributed by atoms with Gasteiger partial charge in [0, 0.05) is 24.2 Å². The highest BCUT2D eigenvalue weighted by atomic mass is 35.5. The number of nitro benzene ring substituents is 1. The van der Waals surface area contributed by atoms with Gasteiger partial charge in [0.25, 0.3) is 5.69 Å². The van der Waals surface area contributed by atoms with Crippen molar-refractivity contribution in [3.63, 3.8) is 0 Å². The molecule has 0 atom stereocenters. The topological polar surface area (TPSA) is 75.4 Å². The number of nitrogens with one attached hydrogen (secondary N) is 1. The Morgan fingerprint density at radius 1 is 1.35 bits per heavy atom. The predicted octanol–water partition coefficient (Wildman–Crippen LogP) is 3.03. The summed E-state index contributed by atoms with van der Waals surface area (Å²) in [6.07, 6.45) is 5.34. The van der Waals surface area contributed by atoms with E-state index in [-0.39, 0.29) is 17.8 Å². The largest absolute Gasteiger partial charge is 0.394 e. The number of aliphatic hydroxyl groups excluding tert-OH is 1. The van der Waals surface area contributed by atoms with E-state index in [1.54, 1.807) is 6.07 Å². The zero-order valence-electron chi connectivity index (χ0n) is 11.3. The van der Waals surface area contributed by atoms with Crippen molar-refractivity contribution in [3.05, 3.63) is 38.9 Å². The molecule has 1 aromatic carbocycles. The fourth-order valence-electron chi connectivity index (χ4n) is 2.70. The fourth-order valence-corrected chi connectivity index (χ4v) is 2.94. The van der Waals surface area contributed by atoms with Crippen LogP contribution >= 0.6 is 11.6 Å². The highest BCUT2D eigenvalue weighted by Crippen LogP contribution is 2.29. The number of nitrogens with zero attached hydrogens (tertiary/aromatic N) is 1. The van der Waals surface area contributed by atoms with Crippen LogP contribution in [-0.4, -0.2) is 22.2 Å². The molecule has 0 unspecified atom stereocenters. The third-order valence-corrected chi connectivity index (χ3v) is 4.37. The smallest absolute Gasteiger partial charge is 0.270 e. The third kappa shape index (κ3) is 3.48. The molecule has 0 radical (unpaired) electrons. The molecule has 0 amide bonds. The van der Waals surface area contributed by atoms with Crippen LogP contribution in [0, 0.1) is 10.1 Å². The summed E-state index contributed by atoms with van der Waals surface area (Å²) in [4.78, 5) is 10.2. The number of benzene rings is 1. The van der Waals surface area contributed by atoms with Crippen LogP contribution in [0.3, 0.4) is 0 Å². The lowest BCUT2D eigenvalue weighted by molar-refractivity contribution is -0.384. The number of non-ortho nitro benzene ring substituents is 1. The van der Waals surface area contributed by atoms with Crippen molar-refractivity contribution in [1.29, 1.82) is 0 Å². The number of rotatable bonds is 5. The Balaban J connectivity index is 2.04. The molecule has 1 fully saturated rings. The molecule has 110 valence electrons. The van der Waals surface area contributed by atoms with Gasteiger partial charge < -0.3 is 10.4 Å². The Kier molecular flexibility index (Phi) is 4.96. The molecule has 0 bridgehead atoms. The van der Waals surface area contributed by atoms with Gasteiger partial charge >= 0.3 is 0 Å². The van der Waals surface area contributed by atoms with Crippen LogP contribution in [-0.2, 0) is 6.54 Å². The molecule has 1 aliphatic carbocycles. The van der Waals surface area contributed by atoms with Gasteiger partial charge in [-0.25, -0.2) is 0 Å². The van der Waals surface area contributed by atoms with E-state index < -0.39 is 4.92 Å². The summed E-state index contributed by atoms with van der Waals surface area (Å²) in [5, 5.41) is 24.1. The summed E-state index contributed by atoms with van der Waals surface area (Å²) >= 11 is 6.07. The van der Waals surface area contributed by atoms with Gasteiger partial charge in [-0.1, -0.05) is 30.9 Å². The maximum atomic E-state index is 10.7. The number of nitro groups is 1. The summed E-state index contributed by atoms with van der Waals surface area (Å²) in [5.74, 6) is 0. The molecule has 6 heteroatoms. The average molecular weight is 299 g/mol. The highest BCUT2D eigenvalue weighted by Gasteiger charge is 2.30. The molecule has 2 rings (SSSR count). The Morgan fingerprint density at radius 2 is 2.05 bits per heavy atom. The molecular weight excluding hydrogens is 280 g/mol. The van der Waals surface area contributed by atoms with E-state index in [9.17, 15) is 15.2 Å². The van der Waals surface area contributed by atoms with Crippen molar-refractivity contribution in [2.75, 3.05) is 6.61 Å². The summed E-state index contributed by atoms with van der Waals surface area (Å²) in [6, 6.07) is 4.49. The Bertz CT molecular complexity index is 487. The maximum Gasteiger partial charge on any atom is 0.270 e. The zero-order valence-corrected chi connectivity index (χ0v) is 12.0. The quantitative estimate of drug-likeness (QED) is 0.647. The van der Waals surface area contributed by atoms with Crippen molar-refractivity contribution < 1.29 is 10.0 Å². The zero-order chi connectivity index (χ0) is 14.6. The SMILES string of the molecule is O=[N+]([O-])c1ccc(CNC2(CO)CCCCC2)c(Cl)c1. The molecule has 20 heavy (non-hydrogen) atoms. The lowest BCUT2D eigenvalue weighted by Gasteiger charge is -2.36. The van der Waals surface area contributed by atoms with E-state index in [1.165, 1.54) is 18.6 Å². The first-order chi connectivity index (χ1) is 9.56. The van der Waals surface area contributed by atoms with Gasteiger partial charge in [-0.15, -0.1) is 0 Å². The minimum atomic E-state index is -0.459. The average Bonchev–Trinajstić information content (AvgIpc) is 2.47. The van der Waals surface area contributed by atoms with E-state index in [4.69, 9.17) is 11.6 Å². The van der Waals surface area contributed by atoms with Crippen LogP contribution in [0.25, 0.3) is 0 Å². The van der Waals surface area contributed by atoms with E-state index in [0.717, 1.165) is 31.2 Å². The Hall–Kier alpha value is -1.17. The van der Waals surface area contributed by atoms with Crippen LogP contribution < -0.4 is 5.32 Å². The lowest BCUT2D eigenvalue weighted by atomic mass is 9.82. The van der Waals surface area contributed by atoms with Crippen molar-refractivity contribution in [3.8, 4) is 0 Å². The van der Waals surface area contributed by atoms with Crippen LogP contribution in [0.1, 0.15) is 37.7 Å². The minimum absolute atomic E-state index is 0.00621. The number of halogens is 1.